The molecule has 0 spiro atoms. The van der Waals surface area contributed by atoms with Crippen molar-refractivity contribution in [2.24, 2.45) is 0 Å². The van der Waals surface area contributed by atoms with Crippen LogP contribution in [0.5, 0.6) is 0 Å². The third-order valence-corrected chi connectivity index (χ3v) is 0.204. The van der Waals surface area contributed by atoms with Gasteiger partial charge in [-0.15, -0.1) is 0 Å². The van der Waals surface area contributed by atoms with Crippen LogP contribution in [0.25, 0.3) is 0 Å². The molecule has 1 heterocycles. The van der Waals surface area contributed by atoms with Crippen molar-refractivity contribution in [3.63, 3.8) is 0 Å². The first-order valence-corrected chi connectivity index (χ1v) is 1.08. The molecule has 2 radical (unpaired) electrons. The van der Waals surface area contributed by atoms with E-state index in [0.717, 1.165) is 13.2 Å². The first-order chi connectivity index (χ1) is 1.50. The second-order valence-corrected chi connectivity index (χ2v) is 0.612. The van der Waals surface area contributed by atoms with Gasteiger partial charge < -0.3 is 52.7 Å². The molecular formula is C2H4I3NaO. The van der Waals surface area contributed by atoms with Crippen molar-refractivity contribution in [1.29, 1.82) is 0 Å². The van der Waals surface area contributed by atoms with E-state index in [1.54, 1.807) is 0 Å². The van der Waals surface area contributed by atoms with Crippen LogP contribution in [0.3, 0.4) is 0 Å². The summed E-state index contributed by atoms with van der Waals surface area (Å²) < 4.78 is 4.50. The van der Waals surface area contributed by atoms with Crippen LogP contribution in [-0.2, 0) is 4.74 Å². The zero-order valence-corrected chi connectivity index (χ0v) is 12.4. The average molecular weight is 448 g/mol. The molecule has 1 aliphatic rings. The first-order valence-electron chi connectivity index (χ1n) is 1.08. The van der Waals surface area contributed by atoms with E-state index in [4.69, 9.17) is 0 Å². The van der Waals surface area contributed by atoms with Gasteiger partial charge in [0.25, 0.3) is 0 Å². The third kappa shape index (κ3) is 27.2. The van der Waals surface area contributed by atoms with Gasteiger partial charge in [-0.05, 0) is 0 Å². The van der Waals surface area contributed by atoms with Gasteiger partial charge in [0.2, 0.25) is 0 Å². The zero-order chi connectivity index (χ0) is 2.12. The Labute approximate surface area is 117 Å². The van der Waals surface area contributed by atoms with Crippen molar-refractivity contribution in [1.82, 2.24) is 0 Å². The molecule has 0 aromatic rings. The van der Waals surface area contributed by atoms with Crippen LogP contribution in [-0.4, -0.2) is 13.2 Å². The Kier molecular flexibility index (Phi) is 51.6. The van der Waals surface area contributed by atoms with Crippen LogP contribution in [0.15, 0.2) is 0 Å². The standard InChI is InChI=1S/C2H4O.2HI.I.Na/c1-2-3-1;;;;/h1-2H2;2*1H;;/q;;;2*+1/p-2. The average Bonchev–Trinajstić information content (AvgIpc) is 1.46. The molecule has 0 atom stereocenters. The Bertz CT molecular complexity index is 17.7. The summed E-state index contributed by atoms with van der Waals surface area (Å²) >= 11 is 0. The molecule has 7 heavy (non-hydrogen) atoms. The minimum atomic E-state index is 0. The zero-order valence-electron chi connectivity index (χ0n) is 3.96. The van der Waals surface area contributed by atoms with Gasteiger partial charge in [0.05, 0.1) is 13.2 Å². The van der Waals surface area contributed by atoms with E-state index in [1.807, 2.05) is 0 Å². The van der Waals surface area contributed by atoms with Crippen molar-refractivity contribution in [3.05, 3.63) is 0 Å². The Morgan fingerprint density at radius 2 is 1.14 bits per heavy atom. The number of epoxide rings is 1. The molecule has 0 unspecified atom stereocenters. The normalized spacial score (nSPS) is 10.3. The Hall–Kier alpha value is 3.15. The van der Waals surface area contributed by atoms with Crippen LogP contribution in [0, 0.1) is 0 Å². The number of halogens is 3. The molecule has 0 amide bonds. The molecule has 1 rings (SSSR count). The minimum absolute atomic E-state index is 0. The molecule has 1 fully saturated rings. The molecule has 1 saturated heterocycles. The smallest absolute Gasteiger partial charge is 1.00 e. The van der Waals surface area contributed by atoms with Gasteiger partial charge in [-0.2, -0.15) is 0 Å². The first kappa shape index (κ1) is 22.5. The minimum Gasteiger partial charge on any atom is -1.00 e. The largest absolute Gasteiger partial charge is 1.00 e. The summed E-state index contributed by atoms with van der Waals surface area (Å²) in [6.45, 7) is 2.00. The maximum Gasteiger partial charge on any atom is 1.00 e. The summed E-state index contributed by atoms with van der Waals surface area (Å²) in [4.78, 5) is 0. The number of hydrogen-bond donors (Lipinski definition) is 0. The Morgan fingerprint density at radius 3 is 1.14 bits per heavy atom. The van der Waals surface area contributed by atoms with E-state index in [0.29, 0.717) is 0 Å². The number of hydrogen-bond acceptors (Lipinski definition) is 1. The van der Waals surface area contributed by atoms with Crippen molar-refractivity contribution < 1.29 is 106 Å². The molecule has 0 bridgehead atoms. The van der Waals surface area contributed by atoms with Crippen LogP contribution >= 0.6 is 0 Å². The summed E-state index contributed by atoms with van der Waals surface area (Å²) in [5.74, 6) is 0. The molecule has 40 valence electrons. The molecular weight excluding hydrogens is 444 g/mol. The Balaban J connectivity index is -0.0000000112. The third-order valence-electron chi connectivity index (χ3n) is 0.204. The van der Waals surface area contributed by atoms with E-state index in [-0.39, 0.29) is 101 Å². The SMILES string of the molecule is C1CO1.[I+].[I-].[I-].[Na+]. The van der Waals surface area contributed by atoms with Gasteiger partial charge in [0.15, 0.2) is 0 Å². The molecule has 1 aliphatic heterocycles. The van der Waals surface area contributed by atoms with Crippen LogP contribution < -0.4 is 101 Å². The van der Waals surface area contributed by atoms with E-state index in [9.17, 15) is 0 Å². The molecule has 0 aromatic heterocycles. The van der Waals surface area contributed by atoms with Gasteiger partial charge in [-0.3, -0.25) is 0 Å². The van der Waals surface area contributed by atoms with Crippen molar-refractivity contribution in [2.75, 3.05) is 13.2 Å². The summed E-state index contributed by atoms with van der Waals surface area (Å²) in [6, 6.07) is 0. The molecule has 0 saturated carbocycles. The number of ether oxygens (including phenoxy) is 1. The predicted molar refractivity (Wildman–Crippen MR) is 10.8 cm³/mol. The van der Waals surface area contributed by atoms with Gasteiger partial charge in [-0.1, -0.05) is 0 Å². The van der Waals surface area contributed by atoms with Crippen molar-refractivity contribution in [3.8, 4) is 0 Å². The summed E-state index contributed by atoms with van der Waals surface area (Å²) in [7, 11) is 0. The van der Waals surface area contributed by atoms with Gasteiger partial charge in [0.1, 0.15) is 0 Å². The fourth-order valence-corrected chi connectivity index (χ4v) is 0. The molecule has 0 aliphatic carbocycles. The van der Waals surface area contributed by atoms with E-state index in [2.05, 4.69) is 4.74 Å². The summed E-state index contributed by atoms with van der Waals surface area (Å²) in [5, 5.41) is 0. The van der Waals surface area contributed by atoms with E-state index < -0.39 is 0 Å². The predicted octanol–water partition coefficient (Wildman–Crippen LogP) is -12.0. The van der Waals surface area contributed by atoms with E-state index >= 15 is 0 Å². The molecule has 5 heteroatoms. The Morgan fingerprint density at radius 1 is 1.00 bits per heavy atom. The van der Waals surface area contributed by atoms with Gasteiger partial charge in [0, 0.05) is 0 Å². The maximum atomic E-state index is 4.50. The monoisotopic (exact) mass is 448 g/mol. The van der Waals surface area contributed by atoms with Crippen molar-refractivity contribution >= 4 is 0 Å². The molecule has 0 N–H and O–H groups in total. The topological polar surface area (TPSA) is 12.5 Å². The van der Waals surface area contributed by atoms with Gasteiger partial charge in [-0.25, -0.2) is 0 Å². The summed E-state index contributed by atoms with van der Waals surface area (Å²) in [5.41, 5.74) is 0. The number of rotatable bonds is 0. The quantitative estimate of drug-likeness (QED) is 0.204. The van der Waals surface area contributed by atoms with Crippen LogP contribution in [0.1, 0.15) is 0 Å². The van der Waals surface area contributed by atoms with Crippen molar-refractivity contribution in [2.45, 2.75) is 0 Å². The van der Waals surface area contributed by atoms with Crippen LogP contribution in [0.4, 0.5) is 0 Å². The van der Waals surface area contributed by atoms with Crippen LogP contribution in [0.2, 0.25) is 0 Å². The fraction of sp³-hybridized carbons (Fsp3) is 1.00. The second-order valence-electron chi connectivity index (χ2n) is 0.612. The second kappa shape index (κ2) is 16.1. The molecule has 0 aromatic carbocycles. The van der Waals surface area contributed by atoms with E-state index in [1.165, 1.54) is 0 Å². The summed E-state index contributed by atoms with van der Waals surface area (Å²) in [6.07, 6.45) is 0. The maximum absolute atomic E-state index is 4.50. The van der Waals surface area contributed by atoms with Gasteiger partial charge >= 0.3 is 53.5 Å². The molecule has 1 nitrogen and oxygen atoms in total. The fourth-order valence-electron chi connectivity index (χ4n) is 0.